The van der Waals surface area contributed by atoms with Crippen LogP contribution in [0.3, 0.4) is 0 Å². The molecule has 0 radical (unpaired) electrons. The summed E-state index contributed by atoms with van der Waals surface area (Å²) in [5.74, 6) is -0.244. The van der Waals surface area contributed by atoms with Gasteiger partial charge in [-0.2, -0.15) is 5.10 Å². The van der Waals surface area contributed by atoms with Gasteiger partial charge in [0.05, 0.1) is 13.2 Å². The first-order chi connectivity index (χ1) is 7.72. The van der Waals surface area contributed by atoms with E-state index in [9.17, 15) is 4.79 Å². The van der Waals surface area contributed by atoms with Crippen LogP contribution in [0.25, 0.3) is 0 Å². The number of hydrogen-bond donors (Lipinski definition) is 2. The number of ether oxygens (including phenoxy) is 1. The number of rotatable bonds is 3. The zero-order chi connectivity index (χ0) is 11.5. The van der Waals surface area contributed by atoms with Gasteiger partial charge in [0.25, 0.3) is 0 Å². The smallest absolute Gasteiger partial charge is 0.352 e. The van der Waals surface area contributed by atoms with Crippen molar-refractivity contribution >= 4 is 11.7 Å². The Kier molecular flexibility index (Phi) is 2.76. The molecule has 5 nitrogen and oxygen atoms in total. The van der Waals surface area contributed by atoms with Crippen molar-refractivity contribution in [3.8, 4) is 5.75 Å². The van der Waals surface area contributed by atoms with Crippen LogP contribution in [0.2, 0.25) is 0 Å². The number of para-hydroxylation sites is 1. The van der Waals surface area contributed by atoms with Gasteiger partial charge in [-0.1, -0.05) is 18.2 Å². The molecule has 1 heterocycles. The van der Waals surface area contributed by atoms with Gasteiger partial charge in [-0.25, -0.2) is 4.79 Å². The summed E-state index contributed by atoms with van der Waals surface area (Å²) in [6.45, 7) is 0. The molecule has 1 aliphatic heterocycles. The predicted molar refractivity (Wildman–Crippen MR) is 58.6 cm³/mol. The van der Waals surface area contributed by atoms with Crippen LogP contribution in [-0.4, -0.2) is 23.9 Å². The van der Waals surface area contributed by atoms with Crippen molar-refractivity contribution in [2.24, 2.45) is 5.10 Å². The minimum absolute atomic E-state index is 0.123. The Morgan fingerprint density at radius 3 is 2.94 bits per heavy atom. The van der Waals surface area contributed by atoms with Crippen LogP contribution < -0.4 is 10.2 Å². The van der Waals surface area contributed by atoms with Gasteiger partial charge < -0.3 is 15.3 Å². The van der Waals surface area contributed by atoms with Crippen LogP contribution in [0.1, 0.15) is 18.0 Å². The van der Waals surface area contributed by atoms with E-state index in [0.717, 1.165) is 11.3 Å². The molecule has 84 valence electrons. The first-order valence-electron chi connectivity index (χ1n) is 4.90. The Morgan fingerprint density at radius 1 is 1.56 bits per heavy atom. The maximum Gasteiger partial charge on any atom is 0.352 e. The molecule has 1 aromatic carbocycles. The van der Waals surface area contributed by atoms with E-state index in [1.54, 1.807) is 7.11 Å². The van der Waals surface area contributed by atoms with Crippen LogP contribution >= 0.6 is 0 Å². The molecule has 2 N–H and O–H groups in total. The molecule has 0 saturated heterocycles. The fraction of sp³-hybridized carbons (Fsp3) is 0.273. The molecule has 0 amide bonds. The van der Waals surface area contributed by atoms with E-state index in [1.165, 1.54) is 0 Å². The molecule has 1 unspecified atom stereocenters. The normalized spacial score (nSPS) is 18.8. The van der Waals surface area contributed by atoms with E-state index in [2.05, 4.69) is 10.5 Å². The van der Waals surface area contributed by atoms with Crippen LogP contribution in [0, 0.1) is 0 Å². The quantitative estimate of drug-likeness (QED) is 0.802. The number of carboxylic acid groups (broad SMARTS) is 1. The Hall–Kier alpha value is -2.04. The maximum absolute atomic E-state index is 10.7. The van der Waals surface area contributed by atoms with E-state index in [4.69, 9.17) is 9.84 Å². The number of nitrogens with zero attached hydrogens (tertiary/aromatic N) is 1. The number of nitrogens with one attached hydrogen (secondary N) is 1. The summed E-state index contributed by atoms with van der Waals surface area (Å²) in [6.07, 6.45) is 0.371. The number of methoxy groups -OCH3 is 1. The number of hydrazone groups is 1. The first kappa shape index (κ1) is 10.5. The number of benzene rings is 1. The van der Waals surface area contributed by atoms with Gasteiger partial charge in [0.2, 0.25) is 0 Å². The lowest BCUT2D eigenvalue weighted by molar-refractivity contribution is -0.129. The summed E-state index contributed by atoms with van der Waals surface area (Å²) in [6, 6.07) is 7.38. The number of aliphatic carboxylic acids is 1. The molecule has 16 heavy (non-hydrogen) atoms. The molecule has 1 aliphatic rings. The minimum Gasteiger partial charge on any atom is -0.496 e. The van der Waals surface area contributed by atoms with Crippen molar-refractivity contribution in [3.05, 3.63) is 29.8 Å². The second kappa shape index (κ2) is 4.22. The molecule has 0 spiro atoms. The lowest BCUT2D eigenvalue weighted by Crippen LogP contribution is -2.13. The van der Waals surface area contributed by atoms with Crippen LogP contribution in [0.5, 0.6) is 5.75 Å². The average Bonchev–Trinajstić information content (AvgIpc) is 2.78. The van der Waals surface area contributed by atoms with Crippen molar-refractivity contribution in [3.63, 3.8) is 0 Å². The zero-order valence-electron chi connectivity index (χ0n) is 8.80. The third kappa shape index (κ3) is 1.84. The fourth-order valence-electron chi connectivity index (χ4n) is 1.71. The second-order valence-electron chi connectivity index (χ2n) is 3.49. The lowest BCUT2D eigenvalue weighted by Gasteiger charge is -2.13. The predicted octanol–water partition coefficient (Wildman–Crippen LogP) is 1.17. The molecule has 2 rings (SSSR count). The van der Waals surface area contributed by atoms with Crippen molar-refractivity contribution in [1.29, 1.82) is 0 Å². The summed E-state index contributed by atoms with van der Waals surface area (Å²) in [5, 5.41) is 12.6. The molecule has 0 saturated carbocycles. The van der Waals surface area contributed by atoms with E-state index in [-0.39, 0.29) is 11.8 Å². The molecule has 0 aromatic heterocycles. The Labute approximate surface area is 92.7 Å². The van der Waals surface area contributed by atoms with E-state index >= 15 is 0 Å². The Bertz CT molecular complexity index is 443. The number of carbonyl (C=O) groups is 1. The van der Waals surface area contributed by atoms with Crippen molar-refractivity contribution < 1.29 is 14.6 Å². The summed E-state index contributed by atoms with van der Waals surface area (Å²) in [7, 11) is 1.59. The van der Waals surface area contributed by atoms with Crippen molar-refractivity contribution in [1.82, 2.24) is 5.43 Å². The van der Waals surface area contributed by atoms with Gasteiger partial charge in [-0.05, 0) is 6.07 Å². The number of carboxylic acids is 1. The van der Waals surface area contributed by atoms with Crippen molar-refractivity contribution in [2.45, 2.75) is 12.5 Å². The van der Waals surface area contributed by atoms with Gasteiger partial charge in [0.1, 0.15) is 11.5 Å². The van der Waals surface area contributed by atoms with Crippen LogP contribution in [-0.2, 0) is 4.79 Å². The van der Waals surface area contributed by atoms with Gasteiger partial charge >= 0.3 is 5.97 Å². The highest BCUT2D eigenvalue weighted by Gasteiger charge is 2.26. The highest BCUT2D eigenvalue weighted by atomic mass is 16.5. The average molecular weight is 220 g/mol. The maximum atomic E-state index is 10.7. The standard InChI is InChI=1S/C11H12N2O3/c1-16-10-5-3-2-4-7(10)8-6-9(11(14)15)13-12-8/h2-5,8,12H,6H2,1H3,(H,14,15). The highest BCUT2D eigenvalue weighted by molar-refractivity contribution is 6.36. The summed E-state index contributed by atoms with van der Waals surface area (Å²) in [5.41, 5.74) is 3.88. The summed E-state index contributed by atoms with van der Waals surface area (Å²) in [4.78, 5) is 10.7. The molecular weight excluding hydrogens is 208 g/mol. The fourth-order valence-corrected chi connectivity index (χ4v) is 1.71. The van der Waals surface area contributed by atoms with E-state index in [1.807, 2.05) is 24.3 Å². The Balaban J connectivity index is 2.19. The third-order valence-electron chi connectivity index (χ3n) is 2.51. The van der Waals surface area contributed by atoms with Gasteiger partial charge in [-0.15, -0.1) is 0 Å². The summed E-state index contributed by atoms with van der Waals surface area (Å²) >= 11 is 0. The van der Waals surface area contributed by atoms with Crippen LogP contribution in [0.4, 0.5) is 0 Å². The largest absolute Gasteiger partial charge is 0.496 e. The molecule has 0 bridgehead atoms. The SMILES string of the molecule is COc1ccccc1C1CC(C(=O)O)=NN1. The minimum atomic E-state index is -0.982. The molecular formula is C11H12N2O3. The van der Waals surface area contributed by atoms with E-state index < -0.39 is 5.97 Å². The van der Waals surface area contributed by atoms with Gasteiger partial charge in [0, 0.05) is 12.0 Å². The monoisotopic (exact) mass is 220 g/mol. The van der Waals surface area contributed by atoms with Gasteiger partial charge in [0.15, 0.2) is 0 Å². The molecule has 0 aliphatic carbocycles. The summed E-state index contributed by atoms with van der Waals surface area (Å²) < 4.78 is 5.22. The second-order valence-corrected chi connectivity index (χ2v) is 3.49. The topological polar surface area (TPSA) is 70.9 Å². The molecule has 1 atom stereocenters. The molecule has 1 aromatic rings. The lowest BCUT2D eigenvalue weighted by atomic mass is 10.0. The highest BCUT2D eigenvalue weighted by Crippen LogP contribution is 2.29. The van der Waals surface area contributed by atoms with Crippen LogP contribution in [0.15, 0.2) is 29.4 Å². The zero-order valence-corrected chi connectivity index (χ0v) is 8.80. The number of hydrogen-bond acceptors (Lipinski definition) is 4. The first-order valence-corrected chi connectivity index (χ1v) is 4.90. The molecule has 0 fully saturated rings. The van der Waals surface area contributed by atoms with E-state index in [0.29, 0.717) is 6.42 Å². The Morgan fingerprint density at radius 2 is 2.31 bits per heavy atom. The van der Waals surface area contributed by atoms with Gasteiger partial charge in [-0.3, -0.25) is 0 Å². The molecule has 5 heteroatoms. The van der Waals surface area contributed by atoms with Crippen molar-refractivity contribution in [2.75, 3.05) is 7.11 Å². The third-order valence-corrected chi connectivity index (χ3v) is 2.51.